The Hall–Kier alpha value is -1.51. The van der Waals surface area contributed by atoms with Gasteiger partial charge in [-0.05, 0) is 61.6 Å². The fourth-order valence-electron chi connectivity index (χ4n) is 3.78. The summed E-state index contributed by atoms with van der Waals surface area (Å²) in [6, 6.07) is 3.77. The molecule has 2 aliphatic carbocycles. The second-order valence-electron chi connectivity index (χ2n) is 6.22. The summed E-state index contributed by atoms with van der Waals surface area (Å²) < 4.78 is 27.0. The molecule has 3 heteroatoms. The number of Topliss-reactive ketones (excluding diaryl/α,β-unsaturated/α-hetero) is 1. The summed E-state index contributed by atoms with van der Waals surface area (Å²) in [4.78, 5) is 11.9. The highest BCUT2D eigenvalue weighted by Crippen LogP contribution is 2.43. The first-order chi connectivity index (χ1) is 10.1. The first-order valence-corrected chi connectivity index (χ1v) is 7.80. The number of carbonyl (C=O) groups excluding carboxylic acids is 1. The summed E-state index contributed by atoms with van der Waals surface area (Å²) >= 11 is 0. The Morgan fingerprint density at radius 2 is 1.71 bits per heavy atom. The molecule has 1 saturated carbocycles. The predicted molar refractivity (Wildman–Crippen MR) is 78.0 cm³/mol. The second-order valence-corrected chi connectivity index (χ2v) is 6.22. The van der Waals surface area contributed by atoms with Gasteiger partial charge in [-0.2, -0.15) is 0 Å². The molecule has 0 N–H and O–H groups in total. The van der Waals surface area contributed by atoms with Gasteiger partial charge in [0.2, 0.25) is 0 Å². The van der Waals surface area contributed by atoms with E-state index in [4.69, 9.17) is 0 Å². The summed E-state index contributed by atoms with van der Waals surface area (Å²) in [6.07, 6.45) is 8.42. The van der Waals surface area contributed by atoms with Crippen molar-refractivity contribution < 1.29 is 13.6 Å². The highest BCUT2D eigenvalue weighted by Gasteiger charge is 2.33. The van der Waals surface area contributed by atoms with Crippen LogP contribution in [0.25, 0.3) is 0 Å². The van der Waals surface area contributed by atoms with Crippen molar-refractivity contribution >= 4 is 5.78 Å². The molecule has 0 radical (unpaired) electrons. The molecule has 112 valence electrons. The van der Waals surface area contributed by atoms with E-state index in [9.17, 15) is 13.6 Å². The minimum absolute atomic E-state index is 0.0669. The summed E-state index contributed by atoms with van der Waals surface area (Å²) in [5, 5.41) is 0. The minimum Gasteiger partial charge on any atom is -0.300 e. The Balaban J connectivity index is 1.93. The van der Waals surface area contributed by atoms with Gasteiger partial charge in [0.15, 0.2) is 0 Å². The van der Waals surface area contributed by atoms with E-state index in [2.05, 4.69) is 6.08 Å². The lowest BCUT2D eigenvalue weighted by molar-refractivity contribution is -0.121. The topological polar surface area (TPSA) is 17.1 Å². The lowest BCUT2D eigenvalue weighted by atomic mass is 9.69. The highest BCUT2D eigenvalue weighted by molar-refractivity contribution is 5.80. The van der Waals surface area contributed by atoms with Crippen LogP contribution in [-0.4, -0.2) is 5.78 Å². The first kappa shape index (κ1) is 14.4. The fraction of sp³-hybridized carbons (Fsp3) is 0.500. The second kappa shape index (κ2) is 6.08. The third-order valence-corrected chi connectivity index (χ3v) is 4.78. The van der Waals surface area contributed by atoms with Gasteiger partial charge in [-0.1, -0.05) is 11.6 Å². The zero-order valence-electron chi connectivity index (χ0n) is 12.1. The molecule has 0 spiro atoms. The van der Waals surface area contributed by atoms with Crippen LogP contribution in [0.3, 0.4) is 0 Å². The average Bonchev–Trinajstić information content (AvgIpc) is 2.47. The molecular formula is C18H20F2O. The van der Waals surface area contributed by atoms with Crippen molar-refractivity contribution in [1.82, 2.24) is 0 Å². The number of hydrogen-bond donors (Lipinski definition) is 0. The van der Waals surface area contributed by atoms with Crippen LogP contribution in [-0.2, 0) is 4.79 Å². The highest BCUT2D eigenvalue weighted by atomic mass is 19.1. The molecule has 0 bridgehead atoms. The van der Waals surface area contributed by atoms with Gasteiger partial charge in [-0.25, -0.2) is 8.78 Å². The molecule has 1 nitrogen and oxygen atoms in total. The van der Waals surface area contributed by atoms with Gasteiger partial charge < -0.3 is 0 Å². The molecule has 2 atom stereocenters. The number of hydrogen-bond acceptors (Lipinski definition) is 1. The summed E-state index contributed by atoms with van der Waals surface area (Å²) in [7, 11) is 0. The van der Waals surface area contributed by atoms with E-state index in [1.807, 2.05) is 0 Å². The van der Waals surface area contributed by atoms with Crippen LogP contribution in [0.2, 0.25) is 0 Å². The lowest BCUT2D eigenvalue weighted by Crippen LogP contribution is -2.26. The summed E-state index contributed by atoms with van der Waals surface area (Å²) in [6.45, 7) is 0. The van der Waals surface area contributed by atoms with Crippen LogP contribution >= 0.6 is 0 Å². The number of benzene rings is 1. The number of ketones is 1. The number of allylic oxidation sites excluding steroid dienone is 2. The number of carbonyl (C=O) groups is 1. The lowest BCUT2D eigenvalue weighted by Gasteiger charge is -2.34. The van der Waals surface area contributed by atoms with Gasteiger partial charge in [-0.15, -0.1) is 0 Å². The SMILES string of the molecule is O=C1CCC(c2cc(F)cc(F)c2)C(C2=CCCCC2)C1. The molecule has 0 aliphatic heterocycles. The zero-order valence-corrected chi connectivity index (χ0v) is 12.1. The first-order valence-electron chi connectivity index (χ1n) is 7.80. The van der Waals surface area contributed by atoms with E-state index in [-0.39, 0.29) is 17.6 Å². The van der Waals surface area contributed by atoms with Crippen molar-refractivity contribution in [2.45, 2.75) is 50.9 Å². The maximum absolute atomic E-state index is 13.5. The molecule has 0 heterocycles. The monoisotopic (exact) mass is 290 g/mol. The third-order valence-electron chi connectivity index (χ3n) is 4.78. The van der Waals surface area contributed by atoms with E-state index in [0.717, 1.165) is 25.3 Å². The molecule has 0 saturated heterocycles. The Morgan fingerprint density at radius 1 is 0.952 bits per heavy atom. The Labute approximate surface area is 124 Å². The van der Waals surface area contributed by atoms with Crippen LogP contribution in [0.4, 0.5) is 8.78 Å². The molecule has 21 heavy (non-hydrogen) atoms. The zero-order chi connectivity index (χ0) is 14.8. The molecule has 1 aromatic carbocycles. The Morgan fingerprint density at radius 3 is 2.38 bits per heavy atom. The predicted octanol–water partition coefficient (Wildman–Crippen LogP) is 4.92. The summed E-state index contributed by atoms with van der Waals surface area (Å²) in [5.74, 6) is -0.582. The largest absolute Gasteiger partial charge is 0.300 e. The van der Waals surface area contributed by atoms with E-state index in [1.165, 1.54) is 24.1 Å². The van der Waals surface area contributed by atoms with Gasteiger partial charge in [0.25, 0.3) is 0 Å². The average molecular weight is 290 g/mol. The molecule has 2 aliphatic rings. The molecule has 0 amide bonds. The number of halogens is 2. The molecule has 3 rings (SSSR count). The smallest absolute Gasteiger partial charge is 0.133 e. The van der Waals surface area contributed by atoms with Gasteiger partial charge in [0.1, 0.15) is 17.4 Å². The standard InChI is InChI=1S/C18H20F2O/c19-14-8-13(9-15(20)10-14)17-7-6-16(21)11-18(17)12-4-2-1-3-5-12/h4,8-10,17-18H,1-3,5-7,11H2. The van der Waals surface area contributed by atoms with Gasteiger partial charge in [-0.3, -0.25) is 4.79 Å². The molecular weight excluding hydrogens is 270 g/mol. The minimum atomic E-state index is -0.529. The Kier molecular flexibility index (Phi) is 4.18. The quantitative estimate of drug-likeness (QED) is 0.707. The van der Waals surface area contributed by atoms with Crippen molar-refractivity contribution in [1.29, 1.82) is 0 Å². The van der Waals surface area contributed by atoms with Crippen LogP contribution in [0.15, 0.2) is 29.8 Å². The number of rotatable bonds is 2. The maximum atomic E-state index is 13.5. The van der Waals surface area contributed by atoms with Gasteiger partial charge in [0.05, 0.1) is 0 Å². The van der Waals surface area contributed by atoms with Crippen molar-refractivity contribution in [2.24, 2.45) is 5.92 Å². The van der Waals surface area contributed by atoms with E-state index < -0.39 is 11.6 Å². The van der Waals surface area contributed by atoms with Crippen molar-refractivity contribution in [2.75, 3.05) is 0 Å². The third kappa shape index (κ3) is 3.22. The van der Waals surface area contributed by atoms with Crippen molar-refractivity contribution in [3.05, 3.63) is 47.0 Å². The van der Waals surface area contributed by atoms with Crippen molar-refractivity contribution in [3.8, 4) is 0 Å². The molecule has 1 fully saturated rings. The maximum Gasteiger partial charge on any atom is 0.133 e. The van der Waals surface area contributed by atoms with Crippen molar-refractivity contribution in [3.63, 3.8) is 0 Å². The molecule has 1 aromatic rings. The van der Waals surface area contributed by atoms with Crippen LogP contribution in [0.5, 0.6) is 0 Å². The van der Waals surface area contributed by atoms with E-state index >= 15 is 0 Å². The summed E-state index contributed by atoms with van der Waals surface area (Å²) in [5.41, 5.74) is 2.03. The van der Waals surface area contributed by atoms with E-state index in [0.29, 0.717) is 24.8 Å². The fourth-order valence-corrected chi connectivity index (χ4v) is 3.78. The van der Waals surface area contributed by atoms with Crippen LogP contribution < -0.4 is 0 Å². The molecule has 0 aromatic heterocycles. The van der Waals surface area contributed by atoms with E-state index in [1.54, 1.807) is 0 Å². The normalized spacial score (nSPS) is 26.6. The molecule has 2 unspecified atom stereocenters. The Bertz CT molecular complexity index is 556. The van der Waals surface area contributed by atoms with Gasteiger partial charge in [0, 0.05) is 18.9 Å². The van der Waals surface area contributed by atoms with Crippen LogP contribution in [0, 0.1) is 17.6 Å². The van der Waals surface area contributed by atoms with Gasteiger partial charge >= 0.3 is 0 Å². The van der Waals surface area contributed by atoms with Crippen LogP contribution in [0.1, 0.15) is 56.4 Å².